The molecule has 16 heavy (non-hydrogen) atoms. The standard InChI is InChI=1S/C12H23NO3/c1-10(2)6-4-3-5-7-11(14)13-9-8-12(15)16/h10H,3-9H2,1-2H3,(H,13,14)(H,15,16). The average molecular weight is 229 g/mol. The predicted octanol–water partition coefficient (Wildman–Crippen LogP) is 2.18. The maximum Gasteiger partial charge on any atom is 0.305 e. The molecule has 4 nitrogen and oxygen atoms in total. The van der Waals surface area contributed by atoms with E-state index in [9.17, 15) is 9.59 Å². The first kappa shape index (κ1) is 14.9. The molecule has 94 valence electrons. The number of carbonyl (C=O) groups is 2. The van der Waals surface area contributed by atoms with E-state index in [2.05, 4.69) is 19.2 Å². The number of aliphatic carboxylic acids is 1. The third kappa shape index (κ3) is 11.0. The Balaban J connectivity index is 3.27. The zero-order valence-corrected chi connectivity index (χ0v) is 10.3. The fraction of sp³-hybridized carbons (Fsp3) is 0.833. The monoisotopic (exact) mass is 229 g/mol. The smallest absolute Gasteiger partial charge is 0.305 e. The van der Waals surface area contributed by atoms with Gasteiger partial charge >= 0.3 is 5.97 Å². The molecule has 2 N–H and O–H groups in total. The van der Waals surface area contributed by atoms with Crippen molar-refractivity contribution in [1.82, 2.24) is 5.32 Å². The lowest BCUT2D eigenvalue weighted by Crippen LogP contribution is -2.25. The summed E-state index contributed by atoms with van der Waals surface area (Å²) in [6.07, 6.45) is 4.85. The first-order chi connectivity index (χ1) is 7.52. The van der Waals surface area contributed by atoms with Crippen LogP contribution in [0.25, 0.3) is 0 Å². The number of carboxylic acids is 1. The van der Waals surface area contributed by atoms with Crippen LogP contribution < -0.4 is 5.32 Å². The lowest BCUT2D eigenvalue weighted by molar-refractivity contribution is -0.136. The van der Waals surface area contributed by atoms with Crippen LogP contribution in [0.1, 0.15) is 52.4 Å². The molecule has 0 heterocycles. The Morgan fingerprint density at radius 2 is 1.81 bits per heavy atom. The van der Waals surface area contributed by atoms with Crippen LogP contribution in [0, 0.1) is 5.92 Å². The molecule has 0 saturated heterocycles. The van der Waals surface area contributed by atoms with E-state index >= 15 is 0 Å². The van der Waals surface area contributed by atoms with Gasteiger partial charge in [-0.1, -0.05) is 33.1 Å². The van der Waals surface area contributed by atoms with Crippen LogP contribution in [0.3, 0.4) is 0 Å². The molecular weight excluding hydrogens is 206 g/mol. The second-order valence-electron chi connectivity index (χ2n) is 4.49. The molecule has 0 bridgehead atoms. The van der Waals surface area contributed by atoms with Gasteiger partial charge in [-0.3, -0.25) is 9.59 Å². The van der Waals surface area contributed by atoms with Crippen molar-refractivity contribution < 1.29 is 14.7 Å². The van der Waals surface area contributed by atoms with E-state index in [0.717, 1.165) is 18.8 Å². The summed E-state index contributed by atoms with van der Waals surface area (Å²) in [7, 11) is 0. The van der Waals surface area contributed by atoms with Crippen molar-refractivity contribution in [3.8, 4) is 0 Å². The number of nitrogens with one attached hydrogen (secondary N) is 1. The second kappa shape index (κ2) is 9.19. The summed E-state index contributed by atoms with van der Waals surface area (Å²) in [5.41, 5.74) is 0. The minimum Gasteiger partial charge on any atom is -0.481 e. The van der Waals surface area contributed by atoms with Gasteiger partial charge in [-0.25, -0.2) is 0 Å². The molecule has 0 aromatic carbocycles. The number of unbranched alkanes of at least 4 members (excludes halogenated alkanes) is 2. The van der Waals surface area contributed by atoms with Crippen molar-refractivity contribution >= 4 is 11.9 Å². The van der Waals surface area contributed by atoms with Gasteiger partial charge in [0.1, 0.15) is 0 Å². The molecule has 0 radical (unpaired) electrons. The summed E-state index contributed by atoms with van der Waals surface area (Å²) >= 11 is 0. The zero-order valence-electron chi connectivity index (χ0n) is 10.3. The number of carbonyl (C=O) groups excluding carboxylic acids is 1. The van der Waals surface area contributed by atoms with Crippen LogP contribution in [-0.4, -0.2) is 23.5 Å². The normalized spacial score (nSPS) is 10.4. The van der Waals surface area contributed by atoms with Crippen LogP contribution in [0.2, 0.25) is 0 Å². The Labute approximate surface area is 97.4 Å². The van der Waals surface area contributed by atoms with Crippen molar-refractivity contribution in [2.75, 3.05) is 6.54 Å². The Hall–Kier alpha value is -1.06. The number of rotatable bonds is 9. The van der Waals surface area contributed by atoms with Crippen molar-refractivity contribution in [1.29, 1.82) is 0 Å². The van der Waals surface area contributed by atoms with Crippen molar-refractivity contribution in [2.24, 2.45) is 5.92 Å². The number of amides is 1. The van der Waals surface area contributed by atoms with Gasteiger partial charge in [-0.15, -0.1) is 0 Å². The molecule has 1 amide bonds. The first-order valence-corrected chi connectivity index (χ1v) is 6.01. The molecular formula is C12H23NO3. The third-order valence-electron chi connectivity index (χ3n) is 2.35. The first-order valence-electron chi connectivity index (χ1n) is 6.01. The van der Waals surface area contributed by atoms with Crippen LogP contribution in [0.5, 0.6) is 0 Å². The summed E-state index contributed by atoms with van der Waals surface area (Å²) < 4.78 is 0. The van der Waals surface area contributed by atoms with Crippen molar-refractivity contribution in [2.45, 2.75) is 52.4 Å². The molecule has 0 spiro atoms. The van der Waals surface area contributed by atoms with Gasteiger partial charge < -0.3 is 10.4 Å². The van der Waals surface area contributed by atoms with Crippen LogP contribution in [0.4, 0.5) is 0 Å². The summed E-state index contributed by atoms with van der Waals surface area (Å²) in [6, 6.07) is 0. The summed E-state index contributed by atoms with van der Waals surface area (Å²) in [5, 5.41) is 11.0. The highest BCUT2D eigenvalue weighted by Crippen LogP contribution is 2.09. The van der Waals surface area contributed by atoms with E-state index in [-0.39, 0.29) is 18.9 Å². The van der Waals surface area contributed by atoms with Gasteiger partial charge in [0.15, 0.2) is 0 Å². The summed E-state index contributed by atoms with van der Waals surface area (Å²) in [6.45, 7) is 4.62. The van der Waals surface area contributed by atoms with Gasteiger partial charge in [-0.05, 0) is 12.3 Å². The molecule has 0 aliphatic carbocycles. The molecule has 0 aromatic rings. The quantitative estimate of drug-likeness (QED) is 0.595. The number of hydrogen-bond donors (Lipinski definition) is 2. The molecule has 0 atom stereocenters. The molecule has 0 aliphatic rings. The van der Waals surface area contributed by atoms with Crippen LogP contribution >= 0.6 is 0 Å². The third-order valence-corrected chi connectivity index (χ3v) is 2.35. The lowest BCUT2D eigenvalue weighted by atomic mass is 10.0. The van der Waals surface area contributed by atoms with E-state index in [1.165, 1.54) is 12.8 Å². The summed E-state index contributed by atoms with van der Waals surface area (Å²) in [5.74, 6) is -0.188. The fourth-order valence-corrected chi connectivity index (χ4v) is 1.41. The largest absolute Gasteiger partial charge is 0.481 e. The van der Waals surface area contributed by atoms with E-state index in [1.807, 2.05) is 0 Å². The molecule has 4 heteroatoms. The highest BCUT2D eigenvalue weighted by atomic mass is 16.4. The van der Waals surface area contributed by atoms with Gasteiger partial charge in [0, 0.05) is 13.0 Å². The molecule has 0 fully saturated rings. The van der Waals surface area contributed by atoms with Crippen molar-refractivity contribution in [3.05, 3.63) is 0 Å². The maximum absolute atomic E-state index is 11.2. The van der Waals surface area contributed by atoms with Gasteiger partial charge in [0.05, 0.1) is 6.42 Å². The van der Waals surface area contributed by atoms with E-state index < -0.39 is 5.97 Å². The van der Waals surface area contributed by atoms with E-state index in [0.29, 0.717) is 6.42 Å². The summed E-state index contributed by atoms with van der Waals surface area (Å²) in [4.78, 5) is 21.4. The van der Waals surface area contributed by atoms with Gasteiger partial charge in [0.25, 0.3) is 0 Å². The van der Waals surface area contributed by atoms with Gasteiger partial charge in [0.2, 0.25) is 5.91 Å². The fourth-order valence-electron chi connectivity index (χ4n) is 1.41. The van der Waals surface area contributed by atoms with Crippen LogP contribution in [-0.2, 0) is 9.59 Å². The predicted molar refractivity (Wildman–Crippen MR) is 63.2 cm³/mol. The Morgan fingerprint density at radius 1 is 1.12 bits per heavy atom. The average Bonchev–Trinajstić information content (AvgIpc) is 2.16. The SMILES string of the molecule is CC(C)CCCCCC(=O)NCCC(=O)O. The molecule has 0 unspecified atom stereocenters. The minimum absolute atomic E-state index is 0.000903. The topological polar surface area (TPSA) is 66.4 Å². The molecule has 0 aliphatic heterocycles. The van der Waals surface area contributed by atoms with Gasteiger partial charge in [-0.2, -0.15) is 0 Å². The van der Waals surface area contributed by atoms with E-state index in [1.54, 1.807) is 0 Å². The highest BCUT2D eigenvalue weighted by Gasteiger charge is 2.02. The Kier molecular flexibility index (Phi) is 8.58. The highest BCUT2D eigenvalue weighted by molar-refractivity contribution is 5.76. The Bertz CT molecular complexity index is 214. The molecule has 0 rings (SSSR count). The molecule has 0 aromatic heterocycles. The van der Waals surface area contributed by atoms with Crippen LogP contribution in [0.15, 0.2) is 0 Å². The zero-order chi connectivity index (χ0) is 12.4. The lowest BCUT2D eigenvalue weighted by Gasteiger charge is -2.05. The minimum atomic E-state index is -0.878. The van der Waals surface area contributed by atoms with Crippen molar-refractivity contribution in [3.63, 3.8) is 0 Å². The number of carboxylic acid groups (broad SMARTS) is 1. The number of hydrogen-bond acceptors (Lipinski definition) is 2. The van der Waals surface area contributed by atoms with E-state index in [4.69, 9.17) is 5.11 Å². The second-order valence-corrected chi connectivity index (χ2v) is 4.49. The maximum atomic E-state index is 11.2. The Morgan fingerprint density at radius 3 is 2.38 bits per heavy atom. The molecule has 0 saturated carbocycles.